The SMILES string of the molecule is Cc1cccc(CNc2snc(N)c2C#N)c1. The third kappa shape index (κ3) is 2.55. The Bertz CT molecular complexity index is 568. The Morgan fingerprint density at radius 2 is 2.35 bits per heavy atom. The quantitative estimate of drug-likeness (QED) is 0.870. The van der Waals surface area contributed by atoms with Gasteiger partial charge in [-0.3, -0.25) is 0 Å². The largest absolute Gasteiger partial charge is 0.382 e. The first kappa shape index (κ1) is 11.4. The Labute approximate surface area is 104 Å². The number of nitrogen functional groups attached to an aromatic ring is 1. The number of rotatable bonds is 3. The summed E-state index contributed by atoms with van der Waals surface area (Å²) in [4.78, 5) is 0. The second-order valence-corrected chi connectivity index (χ2v) is 4.50. The highest BCUT2D eigenvalue weighted by Crippen LogP contribution is 2.26. The van der Waals surface area contributed by atoms with Crippen LogP contribution in [-0.2, 0) is 6.54 Å². The number of aromatic nitrogens is 1. The summed E-state index contributed by atoms with van der Waals surface area (Å²) in [5.74, 6) is 0.296. The normalized spacial score (nSPS) is 9.88. The molecule has 0 aliphatic rings. The van der Waals surface area contributed by atoms with E-state index >= 15 is 0 Å². The molecule has 0 aliphatic heterocycles. The van der Waals surface area contributed by atoms with E-state index in [4.69, 9.17) is 11.0 Å². The Morgan fingerprint density at radius 1 is 1.53 bits per heavy atom. The van der Waals surface area contributed by atoms with Crippen LogP contribution in [-0.4, -0.2) is 4.37 Å². The Hall–Kier alpha value is -2.06. The molecule has 0 amide bonds. The van der Waals surface area contributed by atoms with Crippen LogP contribution in [0.15, 0.2) is 24.3 Å². The van der Waals surface area contributed by atoms with Gasteiger partial charge >= 0.3 is 0 Å². The zero-order valence-electron chi connectivity index (χ0n) is 9.40. The summed E-state index contributed by atoms with van der Waals surface area (Å²) in [5, 5.41) is 12.8. The first-order valence-corrected chi connectivity index (χ1v) is 5.92. The summed E-state index contributed by atoms with van der Waals surface area (Å²) < 4.78 is 3.95. The number of anilines is 2. The van der Waals surface area contributed by atoms with Crippen LogP contribution in [0.3, 0.4) is 0 Å². The van der Waals surface area contributed by atoms with Gasteiger partial charge < -0.3 is 11.1 Å². The molecule has 1 aromatic heterocycles. The molecule has 4 nitrogen and oxygen atoms in total. The van der Waals surface area contributed by atoms with Crippen LogP contribution in [0.1, 0.15) is 16.7 Å². The van der Waals surface area contributed by atoms with Gasteiger partial charge in [0.15, 0.2) is 5.82 Å². The van der Waals surface area contributed by atoms with E-state index in [1.807, 2.05) is 12.1 Å². The summed E-state index contributed by atoms with van der Waals surface area (Å²) in [5.41, 5.74) is 8.40. The van der Waals surface area contributed by atoms with Crippen molar-refractivity contribution in [1.29, 1.82) is 5.26 Å². The van der Waals surface area contributed by atoms with Crippen LogP contribution >= 0.6 is 11.5 Å². The lowest BCUT2D eigenvalue weighted by Gasteiger charge is -2.04. The molecule has 1 heterocycles. The molecule has 0 saturated carbocycles. The first-order chi connectivity index (χ1) is 8.20. The molecule has 5 heteroatoms. The molecule has 86 valence electrons. The number of benzene rings is 1. The molecule has 2 aromatic rings. The fourth-order valence-corrected chi connectivity index (χ4v) is 2.19. The molecule has 0 fully saturated rings. The smallest absolute Gasteiger partial charge is 0.157 e. The van der Waals surface area contributed by atoms with Crippen LogP contribution in [0.2, 0.25) is 0 Å². The van der Waals surface area contributed by atoms with Gasteiger partial charge in [0.05, 0.1) is 0 Å². The zero-order valence-corrected chi connectivity index (χ0v) is 10.2. The number of aryl methyl sites for hydroxylation is 1. The molecule has 2 rings (SSSR count). The number of hydrogen-bond donors (Lipinski definition) is 2. The summed E-state index contributed by atoms with van der Waals surface area (Å²) in [6, 6.07) is 10.3. The van der Waals surface area contributed by atoms with Crippen LogP contribution in [0.25, 0.3) is 0 Å². The minimum absolute atomic E-state index is 0.296. The van der Waals surface area contributed by atoms with E-state index in [-0.39, 0.29) is 0 Å². The van der Waals surface area contributed by atoms with Crippen molar-refractivity contribution in [3.05, 3.63) is 41.0 Å². The highest BCUT2D eigenvalue weighted by atomic mass is 32.1. The highest BCUT2D eigenvalue weighted by Gasteiger charge is 2.09. The molecule has 0 saturated heterocycles. The molecule has 3 N–H and O–H groups in total. The molecule has 1 aromatic carbocycles. The molecular formula is C12H12N4S. The van der Waals surface area contributed by atoms with Gasteiger partial charge in [-0.25, -0.2) is 0 Å². The van der Waals surface area contributed by atoms with E-state index in [1.165, 1.54) is 22.7 Å². The van der Waals surface area contributed by atoms with E-state index in [9.17, 15) is 0 Å². The molecule has 0 unspecified atom stereocenters. The van der Waals surface area contributed by atoms with E-state index < -0.39 is 0 Å². The van der Waals surface area contributed by atoms with Gasteiger partial charge in [-0.1, -0.05) is 29.8 Å². The van der Waals surface area contributed by atoms with Gasteiger partial charge in [0, 0.05) is 6.54 Å². The maximum Gasteiger partial charge on any atom is 0.157 e. The maximum absolute atomic E-state index is 8.93. The molecule has 0 spiro atoms. The van der Waals surface area contributed by atoms with Crippen molar-refractivity contribution in [2.45, 2.75) is 13.5 Å². The van der Waals surface area contributed by atoms with Crippen LogP contribution in [0.4, 0.5) is 10.8 Å². The standard InChI is InChI=1S/C12H12N4S/c1-8-3-2-4-9(5-8)7-15-12-10(6-13)11(14)16-17-12/h2-5,15H,7H2,1H3,(H2,14,16). The van der Waals surface area contributed by atoms with Gasteiger partial charge in [0.1, 0.15) is 16.6 Å². The minimum atomic E-state index is 0.296. The van der Waals surface area contributed by atoms with Gasteiger partial charge in [-0.15, -0.1) is 0 Å². The van der Waals surface area contributed by atoms with Crippen molar-refractivity contribution < 1.29 is 0 Å². The van der Waals surface area contributed by atoms with E-state index in [0.717, 1.165) is 5.00 Å². The van der Waals surface area contributed by atoms with Gasteiger partial charge in [-0.2, -0.15) is 9.64 Å². The Balaban J connectivity index is 2.10. The first-order valence-electron chi connectivity index (χ1n) is 5.15. The Kier molecular flexibility index (Phi) is 3.26. The van der Waals surface area contributed by atoms with Crippen LogP contribution in [0.5, 0.6) is 0 Å². The predicted molar refractivity (Wildman–Crippen MR) is 69.7 cm³/mol. The fourth-order valence-electron chi connectivity index (χ4n) is 1.54. The highest BCUT2D eigenvalue weighted by molar-refractivity contribution is 7.10. The van der Waals surface area contributed by atoms with E-state index in [2.05, 4.69) is 34.8 Å². The van der Waals surface area contributed by atoms with Crippen molar-refractivity contribution in [1.82, 2.24) is 4.37 Å². The summed E-state index contributed by atoms with van der Waals surface area (Å²) in [7, 11) is 0. The summed E-state index contributed by atoms with van der Waals surface area (Å²) >= 11 is 1.22. The van der Waals surface area contributed by atoms with Crippen molar-refractivity contribution in [2.24, 2.45) is 0 Å². The van der Waals surface area contributed by atoms with Crippen LogP contribution < -0.4 is 11.1 Å². The van der Waals surface area contributed by atoms with Gasteiger partial charge in [0.2, 0.25) is 0 Å². The van der Waals surface area contributed by atoms with E-state index in [0.29, 0.717) is 17.9 Å². The number of nitrogens with two attached hydrogens (primary N) is 1. The topological polar surface area (TPSA) is 74.7 Å². The molecular weight excluding hydrogens is 232 g/mol. The number of nitriles is 1. The van der Waals surface area contributed by atoms with Crippen molar-refractivity contribution in [3.63, 3.8) is 0 Å². The van der Waals surface area contributed by atoms with Crippen molar-refractivity contribution in [3.8, 4) is 6.07 Å². The second-order valence-electron chi connectivity index (χ2n) is 3.73. The molecule has 0 bridgehead atoms. The lowest BCUT2D eigenvalue weighted by atomic mass is 10.1. The second kappa shape index (κ2) is 4.85. The number of hydrogen-bond acceptors (Lipinski definition) is 5. The molecule has 0 radical (unpaired) electrons. The third-order valence-corrected chi connectivity index (χ3v) is 3.18. The third-order valence-electron chi connectivity index (χ3n) is 2.37. The lowest BCUT2D eigenvalue weighted by Crippen LogP contribution is -1.99. The lowest BCUT2D eigenvalue weighted by molar-refractivity contribution is 1.15. The number of nitrogens with one attached hydrogen (secondary N) is 1. The Morgan fingerprint density at radius 3 is 3.06 bits per heavy atom. The van der Waals surface area contributed by atoms with Crippen molar-refractivity contribution in [2.75, 3.05) is 11.1 Å². The molecule has 0 aliphatic carbocycles. The minimum Gasteiger partial charge on any atom is -0.382 e. The monoisotopic (exact) mass is 244 g/mol. The summed E-state index contributed by atoms with van der Waals surface area (Å²) in [6.07, 6.45) is 0. The maximum atomic E-state index is 8.93. The van der Waals surface area contributed by atoms with E-state index in [1.54, 1.807) is 0 Å². The van der Waals surface area contributed by atoms with Crippen molar-refractivity contribution >= 4 is 22.4 Å². The molecule has 0 atom stereocenters. The summed E-state index contributed by atoms with van der Waals surface area (Å²) in [6.45, 7) is 2.72. The predicted octanol–water partition coefficient (Wildman–Crippen LogP) is 2.52. The average Bonchev–Trinajstić information content (AvgIpc) is 2.67. The fraction of sp³-hybridized carbons (Fsp3) is 0.167. The average molecular weight is 244 g/mol. The zero-order chi connectivity index (χ0) is 12.3. The molecule has 17 heavy (non-hydrogen) atoms. The van der Waals surface area contributed by atoms with Gasteiger partial charge in [0.25, 0.3) is 0 Å². The van der Waals surface area contributed by atoms with Gasteiger partial charge in [-0.05, 0) is 24.0 Å². The van der Waals surface area contributed by atoms with Crippen LogP contribution in [0, 0.1) is 18.3 Å². The number of nitrogens with zero attached hydrogens (tertiary/aromatic N) is 2.